The highest BCUT2D eigenvalue weighted by Crippen LogP contribution is 2.27. The molecule has 6 nitrogen and oxygen atoms in total. The third-order valence-electron chi connectivity index (χ3n) is 3.93. The van der Waals surface area contributed by atoms with Gasteiger partial charge in [0.15, 0.2) is 17.5 Å². The Kier molecular flexibility index (Phi) is 11.2. The molecule has 0 saturated carbocycles. The van der Waals surface area contributed by atoms with Gasteiger partial charge in [-0.25, -0.2) is 4.99 Å². The standard InChI is InChI=1S/C21H29N3O3.HI/c1-5-22-21(24-15-17-9-7-8-10-18(17)27-6-2)23-14-16-11-12-19(25-3)20(13-16)26-4;/h7-13H,5-6,14-15H2,1-4H3,(H2,22,23,24);1H. The molecule has 0 aliphatic rings. The Morgan fingerprint density at radius 2 is 1.68 bits per heavy atom. The molecule has 0 spiro atoms. The number of nitrogens with one attached hydrogen (secondary N) is 2. The minimum Gasteiger partial charge on any atom is -0.494 e. The number of aliphatic imine (C=N–C) groups is 1. The van der Waals surface area contributed by atoms with Crippen molar-refractivity contribution >= 4 is 29.9 Å². The first kappa shape index (κ1) is 23.9. The summed E-state index contributed by atoms with van der Waals surface area (Å²) in [6.45, 7) is 6.62. The SMILES string of the molecule is CCNC(=NCc1ccc(OC)c(OC)c1)NCc1ccccc1OCC.I. The van der Waals surface area contributed by atoms with Crippen LogP contribution in [0.1, 0.15) is 25.0 Å². The predicted molar refractivity (Wildman–Crippen MR) is 124 cm³/mol. The van der Waals surface area contributed by atoms with E-state index >= 15 is 0 Å². The number of nitrogens with zero attached hydrogens (tertiary/aromatic N) is 1. The minimum absolute atomic E-state index is 0. The van der Waals surface area contributed by atoms with Crippen LogP contribution in [0.15, 0.2) is 47.5 Å². The van der Waals surface area contributed by atoms with Crippen LogP contribution in [-0.2, 0) is 13.1 Å². The maximum atomic E-state index is 5.68. The largest absolute Gasteiger partial charge is 0.494 e. The van der Waals surface area contributed by atoms with Crippen molar-refractivity contribution in [2.75, 3.05) is 27.4 Å². The van der Waals surface area contributed by atoms with Gasteiger partial charge in [-0.3, -0.25) is 0 Å². The molecule has 2 rings (SSSR count). The average Bonchev–Trinajstić information content (AvgIpc) is 2.71. The number of guanidine groups is 1. The van der Waals surface area contributed by atoms with Crippen LogP contribution >= 0.6 is 24.0 Å². The zero-order valence-corrected chi connectivity index (χ0v) is 19.3. The number of para-hydroxylation sites is 1. The van der Waals surface area contributed by atoms with Crippen LogP contribution in [0.3, 0.4) is 0 Å². The second-order valence-electron chi connectivity index (χ2n) is 5.78. The third kappa shape index (κ3) is 7.10. The van der Waals surface area contributed by atoms with Crippen LogP contribution in [0.25, 0.3) is 0 Å². The average molecular weight is 499 g/mol. The van der Waals surface area contributed by atoms with E-state index in [9.17, 15) is 0 Å². The second-order valence-corrected chi connectivity index (χ2v) is 5.78. The van der Waals surface area contributed by atoms with Crippen molar-refractivity contribution in [3.05, 3.63) is 53.6 Å². The van der Waals surface area contributed by atoms with Gasteiger partial charge in [-0.05, 0) is 37.6 Å². The van der Waals surface area contributed by atoms with Gasteiger partial charge in [0.1, 0.15) is 5.75 Å². The highest BCUT2D eigenvalue weighted by atomic mass is 127. The first-order valence-corrected chi connectivity index (χ1v) is 9.15. The Balaban J connectivity index is 0.00000392. The first-order chi connectivity index (χ1) is 13.2. The lowest BCUT2D eigenvalue weighted by atomic mass is 10.2. The van der Waals surface area contributed by atoms with Gasteiger partial charge >= 0.3 is 0 Å². The summed E-state index contributed by atoms with van der Waals surface area (Å²) < 4.78 is 16.3. The predicted octanol–water partition coefficient (Wildman–Crippen LogP) is 3.98. The van der Waals surface area contributed by atoms with Gasteiger partial charge in [0.2, 0.25) is 0 Å². The fraction of sp³-hybridized carbons (Fsp3) is 0.381. The molecule has 0 radical (unpaired) electrons. The van der Waals surface area contributed by atoms with Crippen LogP contribution in [0.4, 0.5) is 0 Å². The quantitative estimate of drug-likeness (QED) is 0.311. The van der Waals surface area contributed by atoms with Crippen molar-refractivity contribution in [2.45, 2.75) is 26.9 Å². The molecule has 0 heterocycles. The molecular weight excluding hydrogens is 469 g/mol. The van der Waals surface area contributed by atoms with Crippen LogP contribution in [0, 0.1) is 0 Å². The van der Waals surface area contributed by atoms with E-state index in [0.29, 0.717) is 31.2 Å². The van der Waals surface area contributed by atoms with Gasteiger partial charge in [0.25, 0.3) is 0 Å². The van der Waals surface area contributed by atoms with E-state index in [1.54, 1.807) is 14.2 Å². The smallest absolute Gasteiger partial charge is 0.191 e. The molecule has 2 N–H and O–H groups in total. The summed E-state index contributed by atoms with van der Waals surface area (Å²) in [4.78, 5) is 4.66. The molecule has 154 valence electrons. The molecule has 0 aromatic heterocycles. The van der Waals surface area contributed by atoms with E-state index in [-0.39, 0.29) is 24.0 Å². The zero-order valence-electron chi connectivity index (χ0n) is 17.0. The number of methoxy groups -OCH3 is 2. The van der Waals surface area contributed by atoms with Gasteiger partial charge in [-0.1, -0.05) is 24.3 Å². The number of halogens is 1. The molecule has 0 saturated heterocycles. The minimum atomic E-state index is 0. The lowest BCUT2D eigenvalue weighted by molar-refractivity contribution is 0.336. The van der Waals surface area contributed by atoms with E-state index in [0.717, 1.165) is 29.4 Å². The molecule has 0 unspecified atom stereocenters. The summed E-state index contributed by atoms with van der Waals surface area (Å²) in [5.41, 5.74) is 2.13. The molecule has 0 aliphatic carbocycles. The summed E-state index contributed by atoms with van der Waals surface area (Å²) in [6, 6.07) is 13.8. The van der Waals surface area contributed by atoms with E-state index in [2.05, 4.69) is 21.7 Å². The molecule has 0 amide bonds. The molecule has 0 bridgehead atoms. The number of benzene rings is 2. The Labute approximate surface area is 184 Å². The second kappa shape index (κ2) is 13.1. The number of hydrogen-bond acceptors (Lipinski definition) is 4. The monoisotopic (exact) mass is 499 g/mol. The van der Waals surface area contributed by atoms with E-state index in [4.69, 9.17) is 14.2 Å². The summed E-state index contributed by atoms with van der Waals surface area (Å²) in [5, 5.41) is 6.63. The van der Waals surface area contributed by atoms with Crippen LogP contribution in [0.2, 0.25) is 0 Å². The molecule has 7 heteroatoms. The van der Waals surface area contributed by atoms with Gasteiger partial charge in [0, 0.05) is 18.7 Å². The summed E-state index contributed by atoms with van der Waals surface area (Å²) in [6.07, 6.45) is 0. The number of ether oxygens (including phenoxy) is 3. The highest BCUT2D eigenvalue weighted by Gasteiger charge is 2.06. The summed E-state index contributed by atoms with van der Waals surface area (Å²) in [7, 11) is 3.26. The molecule has 2 aromatic carbocycles. The maximum absolute atomic E-state index is 5.68. The van der Waals surface area contributed by atoms with Gasteiger partial charge in [-0.2, -0.15) is 0 Å². The van der Waals surface area contributed by atoms with Crippen molar-refractivity contribution in [3.8, 4) is 17.2 Å². The Hall–Kier alpha value is -2.16. The van der Waals surface area contributed by atoms with Crippen LogP contribution < -0.4 is 24.8 Å². The number of hydrogen-bond donors (Lipinski definition) is 2. The third-order valence-corrected chi connectivity index (χ3v) is 3.93. The maximum Gasteiger partial charge on any atom is 0.191 e. The molecule has 28 heavy (non-hydrogen) atoms. The fourth-order valence-corrected chi connectivity index (χ4v) is 2.62. The summed E-state index contributed by atoms with van der Waals surface area (Å²) >= 11 is 0. The Morgan fingerprint density at radius 1 is 0.929 bits per heavy atom. The van der Waals surface area contributed by atoms with Crippen molar-refractivity contribution in [2.24, 2.45) is 4.99 Å². The van der Waals surface area contributed by atoms with Crippen molar-refractivity contribution in [3.63, 3.8) is 0 Å². The molecule has 0 fully saturated rings. The van der Waals surface area contributed by atoms with Crippen molar-refractivity contribution in [1.82, 2.24) is 10.6 Å². The van der Waals surface area contributed by atoms with E-state index < -0.39 is 0 Å². The van der Waals surface area contributed by atoms with Crippen molar-refractivity contribution < 1.29 is 14.2 Å². The highest BCUT2D eigenvalue weighted by molar-refractivity contribution is 14.0. The molecular formula is C21H30IN3O3. The van der Waals surface area contributed by atoms with E-state index in [1.165, 1.54) is 0 Å². The van der Waals surface area contributed by atoms with Gasteiger partial charge < -0.3 is 24.8 Å². The van der Waals surface area contributed by atoms with Gasteiger partial charge in [0.05, 0.1) is 27.4 Å². The van der Waals surface area contributed by atoms with Crippen LogP contribution in [0.5, 0.6) is 17.2 Å². The molecule has 2 aromatic rings. The Bertz CT molecular complexity index is 753. The van der Waals surface area contributed by atoms with E-state index in [1.807, 2.05) is 50.2 Å². The lowest BCUT2D eigenvalue weighted by Gasteiger charge is -2.14. The fourth-order valence-electron chi connectivity index (χ4n) is 2.62. The van der Waals surface area contributed by atoms with Crippen molar-refractivity contribution in [1.29, 1.82) is 0 Å². The molecule has 0 atom stereocenters. The van der Waals surface area contributed by atoms with Crippen LogP contribution in [-0.4, -0.2) is 33.3 Å². The lowest BCUT2D eigenvalue weighted by Crippen LogP contribution is -2.36. The topological polar surface area (TPSA) is 64.1 Å². The zero-order chi connectivity index (χ0) is 19.5. The van der Waals surface area contributed by atoms with Gasteiger partial charge in [-0.15, -0.1) is 24.0 Å². The Morgan fingerprint density at radius 3 is 2.36 bits per heavy atom. The first-order valence-electron chi connectivity index (χ1n) is 9.15. The normalized spacial score (nSPS) is 10.6. The molecule has 0 aliphatic heterocycles. The number of rotatable bonds is 9. The summed E-state index contributed by atoms with van der Waals surface area (Å²) in [5.74, 6) is 3.05.